The smallest absolute Gasteiger partial charge is 0.253 e. The molecule has 88 valence electrons. The number of aromatic nitrogens is 2. The third-order valence-corrected chi connectivity index (χ3v) is 3.01. The highest BCUT2D eigenvalue weighted by Gasteiger charge is 2.12. The molecule has 2 aromatic rings. The van der Waals surface area contributed by atoms with Gasteiger partial charge < -0.3 is 10.3 Å². The first-order valence-electron chi connectivity index (χ1n) is 4.88. The fourth-order valence-electron chi connectivity index (χ4n) is 1.33. The van der Waals surface area contributed by atoms with Crippen LogP contribution in [-0.4, -0.2) is 15.9 Å². The van der Waals surface area contributed by atoms with Crippen molar-refractivity contribution in [3.8, 4) is 0 Å². The first-order valence-corrected chi connectivity index (χ1v) is 5.63. The Kier molecular flexibility index (Phi) is 3.66. The second-order valence-electron chi connectivity index (χ2n) is 3.36. The Balaban J connectivity index is 2.07. The summed E-state index contributed by atoms with van der Waals surface area (Å²) in [5, 5.41) is 3.34. The van der Waals surface area contributed by atoms with Gasteiger partial charge in [0.1, 0.15) is 0 Å². The van der Waals surface area contributed by atoms with Crippen molar-refractivity contribution >= 4 is 29.1 Å². The lowest BCUT2D eigenvalue weighted by atomic mass is 10.2. The number of hydrogen-bond donors (Lipinski definition) is 2. The number of benzene rings is 1. The Hall–Kier alpha value is -1.52. The van der Waals surface area contributed by atoms with Crippen LogP contribution in [0.4, 0.5) is 0 Å². The lowest BCUT2D eigenvalue weighted by Crippen LogP contribution is -2.23. The number of amides is 1. The van der Waals surface area contributed by atoms with Gasteiger partial charge >= 0.3 is 0 Å². The summed E-state index contributed by atoms with van der Waals surface area (Å²) >= 11 is 11.8. The molecule has 2 N–H and O–H groups in total. The van der Waals surface area contributed by atoms with E-state index in [9.17, 15) is 4.79 Å². The van der Waals surface area contributed by atoms with Gasteiger partial charge in [-0.1, -0.05) is 29.3 Å². The number of imidazole rings is 1. The minimum atomic E-state index is -0.271. The largest absolute Gasteiger partial charge is 0.347 e. The number of nitrogens with one attached hydrogen (secondary N) is 2. The average Bonchev–Trinajstić information content (AvgIpc) is 2.82. The number of nitrogens with zero attached hydrogens (tertiary/aromatic N) is 1. The number of H-pyrrole nitrogens is 1. The van der Waals surface area contributed by atoms with E-state index in [4.69, 9.17) is 23.2 Å². The van der Waals surface area contributed by atoms with Gasteiger partial charge in [-0.2, -0.15) is 0 Å². The maximum atomic E-state index is 11.8. The molecule has 2 rings (SSSR count). The summed E-state index contributed by atoms with van der Waals surface area (Å²) in [6.07, 6.45) is 3.19. The molecule has 0 unspecified atom stereocenters. The third-order valence-electron chi connectivity index (χ3n) is 2.19. The average molecular weight is 270 g/mol. The molecule has 6 heteroatoms. The number of carbonyl (C=O) groups excluding carboxylic acids is 1. The van der Waals surface area contributed by atoms with E-state index in [-0.39, 0.29) is 10.9 Å². The van der Waals surface area contributed by atoms with E-state index >= 15 is 0 Å². The molecule has 4 nitrogen and oxygen atoms in total. The predicted molar refractivity (Wildman–Crippen MR) is 66.2 cm³/mol. The van der Waals surface area contributed by atoms with E-state index in [1.807, 2.05) is 0 Å². The fourth-order valence-corrected chi connectivity index (χ4v) is 1.72. The fraction of sp³-hybridized carbons (Fsp3) is 0.0909. The van der Waals surface area contributed by atoms with Crippen molar-refractivity contribution in [2.45, 2.75) is 6.54 Å². The Morgan fingerprint density at radius 2 is 2.24 bits per heavy atom. The Labute approximate surface area is 108 Å². The van der Waals surface area contributed by atoms with Crippen LogP contribution in [0, 0.1) is 0 Å². The van der Waals surface area contributed by atoms with Gasteiger partial charge in [-0.05, 0) is 12.1 Å². The van der Waals surface area contributed by atoms with Gasteiger partial charge in [-0.25, -0.2) is 4.98 Å². The molecule has 0 atom stereocenters. The van der Waals surface area contributed by atoms with Crippen LogP contribution in [0.5, 0.6) is 0 Å². The van der Waals surface area contributed by atoms with Crippen molar-refractivity contribution in [1.82, 2.24) is 15.3 Å². The minimum absolute atomic E-state index is 0.260. The first-order chi connectivity index (χ1) is 8.18. The predicted octanol–water partition coefficient (Wildman–Crippen LogP) is 2.65. The van der Waals surface area contributed by atoms with Gasteiger partial charge in [0.15, 0.2) is 0 Å². The monoisotopic (exact) mass is 269 g/mol. The molecule has 1 amide bonds. The lowest BCUT2D eigenvalue weighted by molar-refractivity contribution is 0.0950. The molecule has 0 bridgehead atoms. The molecule has 0 aliphatic heterocycles. The maximum Gasteiger partial charge on any atom is 0.253 e. The molecule has 0 saturated carbocycles. The summed E-state index contributed by atoms with van der Waals surface area (Å²) in [6, 6.07) is 4.94. The lowest BCUT2D eigenvalue weighted by Gasteiger charge is -2.06. The summed E-state index contributed by atoms with van der Waals surface area (Å²) in [6.45, 7) is 0.363. The second-order valence-corrected chi connectivity index (χ2v) is 4.15. The highest BCUT2D eigenvalue weighted by Crippen LogP contribution is 2.25. The van der Waals surface area contributed by atoms with Crippen LogP contribution in [0.1, 0.15) is 16.1 Å². The Bertz CT molecular complexity index is 526. The number of aromatic amines is 1. The molecular formula is C11H9Cl2N3O. The van der Waals surface area contributed by atoms with Gasteiger partial charge in [0.2, 0.25) is 0 Å². The molecule has 1 aromatic heterocycles. The van der Waals surface area contributed by atoms with Crippen molar-refractivity contribution in [2.75, 3.05) is 0 Å². The highest BCUT2D eigenvalue weighted by molar-refractivity contribution is 6.43. The topological polar surface area (TPSA) is 57.8 Å². The molecule has 0 aliphatic carbocycles. The number of hydrogen-bond acceptors (Lipinski definition) is 2. The highest BCUT2D eigenvalue weighted by atomic mass is 35.5. The van der Waals surface area contributed by atoms with Crippen LogP contribution >= 0.6 is 23.2 Å². The number of carbonyl (C=O) groups is 1. The van der Waals surface area contributed by atoms with Crippen molar-refractivity contribution in [2.24, 2.45) is 0 Å². The zero-order valence-electron chi connectivity index (χ0n) is 8.71. The van der Waals surface area contributed by atoms with Crippen LogP contribution in [0.2, 0.25) is 10.0 Å². The van der Waals surface area contributed by atoms with Gasteiger partial charge in [-0.15, -0.1) is 0 Å². The molecule has 1 heterocycles. The van der Waals surface area contributed by atoms with E-state index in [2.05, 4.69) is 15.3 Å². The van der Waals surface area contributed by atoms with Crippen molar-refractivity contribution in [1.29, 1.82) is 0 Å². The zero-order valence-corrected chi connectivity index (χ0v) is 10.2. The van der Waals surface area contributed by atoms with Crippen LogP contribution < -0.4 is 5.32 Å². The minimum Gasteiger partial charge on any atom is -0.347 e. The normalized spacial score (nSPS) is 10.2. The Morgan fingerprint density at radius 1 is 1.41 bits per heavy atom. The quantitative estimate of drug-likeness (QED) is 0.900. The van der Waals surface area contributed by atoms with Crippen LogP contribution in [0.3, 0.4) is 0 Å². The van der Waals surface area contributed by atoms with Crippen LogP contribution in [0.25, 0.3) is 0 Å². The number of halogens is 2. The standard InChI is InChI=1S/C11H9Cl2N3O/c12-9-3-1-2-8(10(9)13)11(17)15-5-7-4-14-6-16-7/h1-4,6H,5H2,(H,14,16)(H,15,17). The van der Waals surface area contributed by atoms with E-state index in [1.165, 1.54) is 0 Å². The first kappa shape index (κ1) is 12.0. The van der Waals surface area contributed by atoms with Crippen molar-refractivity contribution < 1.29 is 4.79 Å². The number of rotatable bonds is 3. The van der Waals surface area contributed by atoms with E-state index in [0.717, 1.165) is 5.69 Å². The molecule has 0 saturated heterocycles. The van der Waals surface area contributed by atoms with E-state index < -0.39 is 0 Å². The molecule has 1 aromatic carbocycles. The van der Waals surface area contributed by atoms with Gasteiger partial charge in [0.05, 0.1) is 34.2 Å². The maximum absolute atomic E-state index is 11.8. The molecule has 0 spiro atoms. The Morgan fingerprint density at radius 3 is 2.94 bits per heavy atom. The molecule has 17 heavy (non-hydrogen) atoms. The van der Waals surface area contributed by atoms with Crippen molar-refractivity contribution in [3.63, 3.8) is 0 Å². The molecular weight excluding hydrogens is 261 g/mol. The second kappa shape index (κ2) is 5.21. The zero-order chi connectivity index (χ0) is 12.3. The van der Waals surface area contributed by atoms with Gasteiger partial charge in [0, 0.05) is 6.20 Å². The molecule has 0 fully saturated rings. The van der Waals surface area contributed by atoms with Gasteiger partial charge in [-0.3, -0.25) is 4.79 Å². The summed E-state index contributed by atoms with van der Waals surface area (Å²) in [5.41, 5.74) is 1.18. The summed E-state index contributed by atoms with van der Waals surface area (Å²) in [5.74, 6) is -0.271. The SMILES string of the molecule is O=C(NCc1cnc[nH]1)c1cccc(Cl)c1Cl. The van der Waals surface area contributed by atoms with Gasteiger partial charge in [0.25, 0.3) is 5.91 Å². The van der Waals surface area contributed by atoms with E-state index in [0.29, 0.717) is 17.1 Å². The molecule has 0 aliphatic rings. The van der Waals surface area contributed by atoms with E-state index in [1.54, 1.807) is 30.7 Å². The summed E-state index contributed by atoms with van der Waals surface area (Å²) in [7, 11) is 0. The summed E-state index contributed by atoms with van der Waals surface area (Å²) < 4.78 is 0. The third kappa shape index (κ3) is 2.78. The molecule has 0 radical (unpaired) electrons. The van der Waals surface area contributed by atoms with Crippen LogP contribution in [0.15, 0.2) is 30.7 Å². The van der Waals surface area contributed by atoms with Crippen LogP contribution in [-0.2, 0) is 6.54 Å². The summed E-state index contributed by atoms with van der Waals surface area (Å²) in [4.78, 5) is 18.6. The van der Waals surface area contributed by atoms with Crippen molar-refractivity contribution in [3.05, 3.63) is 52.0 Å².